The maximum absolute atomic E-state index is 5.54. The third-order valence-electron chi connectivity index (χ3n) is 1.85. The number of aromatic nitrogens is 1. The van der Waals surface area contributed by atoms with E-state index in [9.17, 15) is 0 Å². The zero-order valence-electron chi connectivity index (χ0n) is 7.90. The Balaban J connectivity index is 1.96. The highest BCUT2D eigenvalue weighted by Gasteiger charge is 1.98. The number of hydrogen-bond donors (Lipinski definition) is 2. The summed E-state index contributed by atoms with van der Waals surface area (Å²) < 4.78 is 1.12. The lowest BCUT2D eigenvalue weighted by Gasteiger charge is -2.03. The summed E-state index contributed by atoms with van der Waals surface area (Å²) in [7, 11) is 0. The van der Waals surface area contributed by atoms with Gasteiger partial charge in [-0.2, -0.15) is 0 Å². The molecule has 0 spiro atoms. The van der Waals surface area contributed by atoms with Crippen LogP contribution in [0.5, 0.6) is 0 Å². The maximum atomic E-state index is 5.54. The van der Waals surface area contributed by atoms with Crippen LogP contribution >= 0.6 is 27.3 Å². The Labute approximate surface area is 100 Å². The molecule has 2 heterocycles. The molecule has 3 N–H and O–H groups in total. The van der Waals surface area contributed by atoms with Gasteiger partial charge in [0.05, 0.1) is 18.4 Å². The first-order chi connectivity index (χ1) is 7.24. The van der Waals surface area contributed by atoms with Crippen LogP contribution in [0, 0.1) is 0 Å². The van der Waals surface area contributed by atoms with Crippen LogP contribution in [0.2, 0.25) is 0 Å². The molecule has 3 nitrogen and oxygen atoms in total. The van der Waals surface area contributed by atoms with Crippen molar-refractivity contribution in [1.29, 1.82) is 0 Å². The zero-order valence-corrected chi connectivity index (χ0v) is 10.3. The molecular formula is C10H10BrN3S. The largest absolute Gasteiger partial charge is 0.397 e. The van der Waals surface area contributed by atoms with Gasteiger partial charge in [-0.3, -0.25) is 0 Å². The molecule has 0 aliphatic carbocycles. The van der Waals surface area contributed by atoms with Crippen molar-refractivity contribution in [3.05, 3.63) is 39.1 Å². The number of pyridine rings is 1. The molecule has 2 rings (SSSR count). The summed E-state index contributed by atoms with van der Waals surface area (Å²) in [6.45, 7) is 0.785. The molecule has 0 unspecified atom stereocenters. The number of nitrogens with two attached hydrogens (primary N) is 1. The first-order valence-corrected chi connectivity index (χ1v) is 6.09. The third-order valence-corrected chi connectivity index (χ3v) is 3.55. The topological polar surface area (TPSA) is 50.9 Å². The summed E-state index contributed by atoms with van der Waals surface area (Å²) in [6.07, 6.45) is 1.65. The molecule has 0 aliphatic rings. The Bertz CT molecular complexity index is 438. The molecule has 0 saturated carbocycles. The summed E-state index contributed by atoms with van der Waals surface area (Å²) in [6, 6.07) is 5.80. The van der Waals surface area contributed by atoms with Crippen LogP contribution in [0.3, 0.4) is 0 Å². The van der Waals surface area contributed by atoms with Gasteiger partial charge < -0.3 is 11.1 Å². The van der Waals surface area contributed by atoms with Crippen molar-refractivity contribution >= 4 is 38.8 Å². The first-order valence-electron chi connectivity index (χ1n) is 4.42. The van der Waals surface area contributed by atoms with Crippen molar-refractivity contribution in [2.24, 2.45) is 0 Å². The highest BCUT2D eigenvalue weighted by molar-refractivity contribution is 9.10. The van der Waals surface area contributed by atoms with E-state index in [1.54, 1.807) is 17.5 Å². The monoisotopic (exact) mass is 283 g/mol. The SMILES string of the molecule is Nc1ccc(NCc2cc(Br)cs2)nc1. The maximum Gasteiger partial charge on any atom is 0.126 e. The fourth-order valence-corrected chi connectivity index (χ4v) is 2.52. The quantitative estimate of drug-likeness (QED) is 0.910. The lowest BCUT2D eigenvalue weighted by atomic mass is 10.4. The second-order valence-electron chi connectivity index (χ2n) is 3.06. The smallest absolute Gasteiger partial charge is 0.126 e. The molecule has 78 valence electrons. The Kier molecular flexibility index (Phi) is 3.23. The highest BCUT2D eigenvalue weighted by Crippen LogP contribution is 2.20. The van der Waals surface area contributed by atoms with Gasteiger partial charge in [0.2, 0.25) is 0 Å². The molecule has 15 heavy (non-hydrogen) atoms. The molecule has 0 aromatic carbocycles. The van der Waals surface area contributed by atoms with Crippen LogP contribution in [0.15, 0.2) is 34.2 Å². The van der Waals surface area contributed by atoms with E-state index < -0.39 is 0 Å². The van der Waals surface area contributed by atoms with Gasteiger partial charge in [0.1, 0.15) is 5.82 Å². The summed E-state index contributed by atoms with van der Waals surface area (Å²) in [4.78, 5) is 5.42. The van der Waals surface area contributed by atoms with Crippen molar-refractivity contribution in [3.8, 4) is 0 Å². The highest BCUT2D eigenvalue weighted by atomic mass is 79.9. The lowest BCUT2D eigenvalue weighted by molar-refractivity contribution is 1.14. The number of nitrogen functional groups attached to an aromatic ring is 1. The molecular weight excluding hydrogens is 274 g/mol. The van der Waals surface area contributed by atoms with Crippen LogP contribution in [-0.4, -0.2) is 4.98 Å². The minimum atomic E-state index is 0.680. The van der Waals surface area contributed by atoms with Crippen molar-refractivity contribution in [2.45, 2.75) is 6.54 Å². The van der Waals surface area contributed by atoms with Crippen molar-refractivity contribution in [3.63, 3.8) is 0 Å². The van der Waals surface area contributed by atoms with E-state index in [0.29, 0.717) is 5.69 Å². The van der Waals surface area contributed by atoms with Gasteiger partial charge in [-0.05, 0) is 34.1 Å². The summed E-state index contributed by atoms with van der Waals surface area (Å²) in [5.74, 6) is 0.841. The van der Waals surface area contributed by atoms with Crippen molar-refractivity contribution in [1.82, 2.24) is 4.98 Å². The summed E-state index contributed by atoms with van der Waals surface area (Å²) >= 11 is 5.13. The van der Waals surface area contributed by atoms with E-state index in [-0.39, 0.29) is 0 Å². The number of rotatable bonds is 3. The molecule has 0 saturated heterocycles. The number of thiophene rings is 1. The minimum Gasteiger partial charge on any atom is -0.397 e. The van der Waals surface area contributed by atoms with E-state index in [1.165, 1.54) is 4.88 Å². The van der Waals surface area contributed by atoms with Crippen molar-refractivity contribution < 1.29 is 0 Å². The fraction of sp³-hybridized carbons (Fsp3) is 0.100. The fourth-order valence-electron chi connectivity index (χ4n) is 1.13. The van der Waals surface area contributed by atoms with Gasteiger partial charge in [0.15, 0.2) is 0 Å². The molecule has 0 atom stereocenters. The van der Waals surface area contributed by atoms with Gasteiger partial charge in [-0.1, -0.05) is 0 Å². The molecule has 2 aromatic heterocycles. The standard InChI is InChI=1S/C10H10BrN3S/c11-7-3-9(15-6-7)5-14-10-2-1-8(12)4-13-10/h1-4,6H,5,12H2,(H,13,14). The van der Waals surface area contributed by atoms with Gasteiger partial charge in [0, 0.05) is 14.7 Å². The molecule has 0 fully saturated rings. The second kappa shape index (κ2) is 4.63. The van der Waals surface area contributed by atoms with Gasteiger partial charge in [-0.25, -0.2) is 4.98 Å². The van der Waals surface area contributed by atoms with Crippen LogP contribution in [0.4, 0.5) is 11.5 Å². The van der Waals surface area contributed by atoms with E-state index in [4.69, 9.17) is 5.73 Å². The average Bonchev–Trinajstić information content (AvgIpc) is 2.64. The average molecular weight is 284 g/mol. The van der Waals surface area contributed by atoms with Crippen LogP contribution in [-0.2, 0) is 6.54 Å². The number of halogens is 1. The van der Waals surface area contributed by atoms with Gasteiger partial charge >= 0.3 is 0 Å². The predicted octanol–water partition coefficient (Wildman–Crippen LogP) is 3.10. The van der Waals surface area contributed by atoms with Crippen LogP contribution in [0.25, 0.3) is 0 Å². The Hall–Kier alpha value is -1.07. The van der Waals surface area contributed by atoms with Crippen LogP contribution < -0.4 is 11.1 Å². The summed E-state index contributed by atoms with van der Waals surface area (Å²) in [5, 5.41) is 5.29. The van der Waals surface area contributed by atoms with Crippen molar-refractivity contribution in [2.75, 3.05) is 11.1 Å². The van der Waals surface area contributed by atoms with E-state index in [0.717, 1.165) is 16.8 Å². The molecule has 5 heteroatoms. The third kappa shape index (κ3) is 2.94. The van der Waals surface area contributed by atoms with E-state index >= 15 is 0 Å². The number of hydrogen-bond acceptors (Lipinski definition) is 4. The second-order valence-corrected chi connectivity index (χ2v) is 4.97. The van der Waals surface area contributed by atoms with Gasteiger partial charge in [0.25, 0.3) is 0 Å². The molecule has 0 radical (unpaired) electrons. The molecule has 0 amide bonds. The number of nitrogens with one attached hydrogen (secondary N) is 1. The number of anilines is 2. The molecule has 0 bridgehead atoms. The lowest BCUT2D eigenvalue weighted by Crippen LogP contribution is -1.99. The van der Waals surface area contributed by atoms with E-state index in [2.05, 4.69) is 37.7 Å². The summed E-state index contributed by atoms with van der Waals surface area (Å²) in [5.41, 5.74) is 6.22. The van der Waals surface area contributed by atoms with E-state index in [1.807, 2.05) is 12.1 Å². The Morgan fingerprint density at radius 1 is 1.47 bits per heavy atom. The normalized spacial score (nSPS) is 10.2. The Morgan fingerprint density at radius 2 is 2.33 bits per heavy atom. The van der Waals surface area contributed by atoms with Crippen LogP contribution in [0.1, 0.15) is 4.88 Å². The zero-order chi connectivity index (χ0) is 10.7. The van der Waals surface area contributed by atoms with Gasteiger partial charge in [-0.15, -0.1) is 11.3 Å². The minimum absolute atomic E-state index is 0.680. The number of nitrogens with zero attached hydrogens (tertiary/aromatic N) is 1. The predicted molar refractivity (Wildman–Crippen MR) is 68.0 cm³/mol. The molecule has 2 aromatic rings. The first kappa shape index (κ1) is 10.4. The molecule has 0 aliphatic heterocycles. The Morgan fingerprint density at radius 3 is 2.93 bits per heavy atom.